The van der Waals surface area contributed by atoms with Crippen LogP contribution >= 0.6 is 0 Å². The third-order valence-electron chi connectivity index (χ3n) is 2.08. The summed E-state index contributed by atoms with van der Waals surface area (Å²) in [7, 11) is 1.63. The van der Waals surface area contributed by atoms with Crippen LogP contribution in [-0.4, -0.2) is 22.4 Å². The molecule has 0 N–H and O–H groups in total. The summed E-state index contributed by atoms with van der Waals surface area (Å²) in [5.74, 6) is 0.751. The van der Waals surface area contributed by atoms with E-state index in [9.17, 15) is 0 Å². The number of hydrogen-bond donors (Lipinski definition) is 0. The molecule has 0 saturated carbocycles. The van der Waals surface area contributed by atoms with Crippen LogP contribution in [0.1, 0.15) is 20.8 Å². The van der Waals surface area contributed by atoms with E-state index in [1.54, 1.807) is 18.0 Å². The van der Waals surface area contributed by atoms with E-state index in [1.807, 2.05) is 39.1 Å². The van der Waals surface area contributed by atoms with Gasteiger partial charge in [-0.2, -0.15) is 4.73 Å². The predicted molar refractivity (Wildman–Crippen MR) is 62.6 cm³/mol. The Balaban J connectivity index is 2.42. The first kappa shape index (κ1) is 10.8. The van der Waals surface area contributed by atoms with Crippen molar-refractivity contribution in [3.05, 3.63) is 24.5 Å². The molecule has 0 spiro atoms. The Kier molecular flexibility index (Phi) is 2.50. The normalized spacial score (nSPS) is 11.8. The highest BCUT2D eigenvalue weighted by Gasteiger charge is 2.14. The fourth-order valence-corrected chi connectivity index (χ4v) is 1.46. The summed E-state index contributed by atoms with van der Waals surface area (Å²) in [5.41, 5.74) is 0.559. The minimum atomic E-state index is -0.243. The zero-order chi connectivity index (χ0) is 11.8. The highest BCUT2D eigenvalue weighted by molar-refractivity contribution is 5.77. The van der Waals surface area contributed by atoms with Gasteiger partial charge in [0.2, 0.25) is 0 Å². The van der Waals surface area contributed by atoms with E-state index in [-0.39, 0.29) is 5.60 Å². The van der Waals surface area contributed by atoms with Crippen LogP contribution in [0.2, 0.25) is 0 Å². The molecule has 4 nitrogen and oxygen atoms in total. The molecule has 0 atom stereocenters. The van der Waals surface area contributed by atoms with Gasteiger partial charge in [-0.05, 0) is 32.9 Å². The smallest absolute Gasteiger partial charge is 0.175 e. The Morgan fingerprint density at radius 3 is 2.69 bits per heavy atom. The Morgan fingerprint density at radius 1 is 1.31 bits per heavy atom. The van der Waals surface area contributed by atoms with Crippen molar-refractivity contribution in [2.75, 3.05) is 7.11 Å². The maximum Gasteiger partial charge on any atom is 0.175 e. The molecule has 0 radical (unpaired) electrons. The van der Waals surface area contributed by atoms with Crippen molar-refractivity contribution in [1.82, 2.24) is 9.71 Å². The summed E-state index contributed by atoms with van der Waals surface area (Å²) in [5, 5.41) is 1.00. The first-order valence-corrected chi connectivity index (χ1v) is 5.20. The van der Waals surface area contributed by atoms with Crippen LogP contribution in [0.25, 0.3) is 11.0 Å². The van der Waals surface area contributed by atoms with Gasteiger partial charge in [0.25, 0.3) is 0 Å². The lowest BCUT2D eigenvalue weighted by Gasteiger charge is -2.21. The second-order valence-electron chi connectivity index (χ2n) is 4.63. The monoisotopic (exact) mass is 220 g/mol. The standard InChI is InChI=1S/C12H16N2O2/c1-12(2,3)16-14-6-5-9-7-10(15-4)8-13-11(9)14/h5-8H,1-4H3. The van der Waals surface area contributed by atoms with E-state index in [0.717, 1.165) is 16.8 Å². The topological polar surface area (TPSA) is 36.3 Å². The summed E-state index contributed by atoms with van der Waals surface area (Å²) < 4.78 is 6.81. The molecule has 2 aromatic heterocycles. The van der Waals surface area contributed by atoms with E-state index < -0.39 is 0 Å². The van der Waals surface area contributed by atoms with E-state index in [4.69, 9.17) is 9.57 Å². The van der Waals surface area contributed by atoms with Crippen LogP contribution in [0.15, 0.2) is 24.5 Å². The molecule has 2 aromatic rings. The van der Waals surface area contributed by atoms with Crippen molar-refractivity contribution in [2.45, 2.75) is 26.4 Å². The molecule has 0 fully saturated rings. The summed E-state index contributed by atoms with van der Waals surface area (Å²) in [4.78, 5) is 10.1. The SMILES string of the molecule is COc1cnc2c(ccn2OC(C)(C)C)c1. The van der Waals surface area contributed by atoms with Crippen LogP contribution in [-0.2, 0) is 0 Å². The number of aromatic nitrogens is 2. The molecule has 0 aliphatic carbocycles. The van der Waals surface area contributed by atoms with Crippen molar-refractivity contribution in [1.29, 1.82) is 0 Å². The fraction of sp³-hybridized carbons (Fsp3) is 0.417. The van der Waals surface area contributed by atoms with Crippen molar-refractivity contribution < 1.29 is 9.57 Å². The maximum atomic E-state index is 5.74. The summed E-state index contributed by atoms with van der Waals surface area (Å²) in [6, 6.07) is 3.89. The fourth-order valence-electron chi connectivity index (χ4n) is 1.46. The first-order chi connectivity index (χ1) is 7.49. The van der Waals surface area contributed by atoms with Gasteiger partial charge in [0.1, 0.15) is 11.4 Å². The van der Waals surface area contributed by atoms with Crippen LogP contribution in [0.4, 0.5) is 0 Å². The largest absolute Gasteiger partial charge is 0.495 e. The number of fused-ring (bicyclic) bond motifs is 1. The van der Waals surface area contributed by atoms with Gasteiger partial charge in [-0.1, -0.05) is 0 Å². The Morgan fingerprint density at radius 2 is 2.06 bits per heavy atom. The predicted octanol–water partition coefficient (Wildman–Crippen LogP) is 2.27. The third kappa shape index (κ3) is 2.10. The van der Waals surface area contributed by atoms with Gasteiger partial charge in [-0.25, -0.2) is 4.98 Å². The molecule has 2 heterocycles. The molecule has 0 bridgehead atoms. The summed E-state index contributed by atoms with van der Waals surface area (Å²) in [6.45, 7) is 6.01. The Labute approximate surface area is 94.8 Å². The van der Waals surface area contributed by atoms with Gasteiger partial charge in [-0.15, -0.1) is 0 Å². The van der Waals surface area contributed by atoms with E-state index >= 15 is 0 Å². The molecule has 0 unspecified atom stereocenters. The quantitative estimate of drug-likeness (QED) is 0.779. The van der Waals surface area contributed by atoms with Crippen molar-refractivity contribution in [3.63, 3.8) is 0 Å². The number of nitrogens with zero attached hydrogens (tertiary/aromatic N) is 2. The second-order valence-corrected chi connectivity index (χ2v) is 4.63. The van der Waals surface area contributed by atoms with Crippen LogP contribution in [0.3, 0.4) is 0 Å². The lowest BCUT2D eigenvalue weighted by molar-refractivity contribution is -0.00894. The molecule has 0 aliphatic rings. The van der Waals surface area contributed by atoms with Crippen LogP contribution < -0.4 is 9.57 Å². The number of hydrogen-bond acceptors (Lipinski definition) is 3. The average Bonchev–Trinajstić information content (AvgIpc) is 2.58. The average molecular weight is 220 g/mol. The van der Waals surface area contributed by atoms with Crippen LogP contribution in [0, 0.1) is 0 Å². The van der Waals surface area contributed by atoms with E-state index in [2.05, 4.69) is 4.98 Å². The maximum absolute atomic E-state index is 5.74. The molecule has 0 amide bonds. The number of rotatable bonds is 2. The molecular formula is C12H16N2O2. The lowest BCUT2D eigenvalue weighted by Crippen LogP contribution is -2.30. The van der Waals surface area contributed by atoms with Gasteiger partial charge in [-0.3, -0.25) is 0 Å². The van der Waals surface area contributed by atoms with Crippen molar-refractivity contribution in [2.24, 2.45) is 0 Å². The zero-order valence-corrected chi connectivity index (χ0v) is 10.0. The van der Waals surface area contributed by atoms with Gasteiger partial charge in [0.05, 0.1) is 13.3 Å². The van der Waals surface area contributed by atoms with Gasteiger partial charge >= 0.3 is 0 Å². The highest BCUT2D eigenvalue weighted by Crippen LogP contribution is 2.19. The highest BCUT2D eigenvalue weighted by atomic mass is 16.7. The number of pyridine rings is 1. The van der Waals surface area contributed by atoms with Gasteiger partial charge < -0.3 is 9.57 Å². The molecular weight excluding hydrogens is 204 g/mol. The van der Waals surface area contributed by atoms with E-state index in [0.29, 0.717) is 0 Å². The molecule has 16 heavy (non-hydrogen) atoms. The number of ether oxygens (including phenoxy) is 1. The molecule has 4 heteroatoms. The minimum Gasteiger partial charge on any atom is -0.495 e. The molecule has 86 valence electrons. The van der Waals surface area contributed by atoms with Crippen LogP contribution in [0.5, 0.6) is 5.75 Å². The second kappa shape index (κ2) is 3.70. The Hall–Kier alpha value is -1.71. The molecule has 0 saturated heterocycles. The molecule has 0 aliphatic heterocycles. The number of methoxy groups -OCH3 is 1. The lowest BCUT2D eigenvalue weighted by atomic mass is 10.2. The Bertz CT molecular complexity index is 497. The summed E-state index contributed by atoms with van der Waals surface area (Å²) >= 11 is 0. The van der Waals surface area contributed by atoms with Gasteiger partial charge in [0.15, 0.2) is 5.65 Å². The first-order valence-electron chi connectivity index (χ1n) is 5.20. The zero-order valence-electron chi connectivity index (χ0n) is 10.0. The summed E-state index contributed by atoms with van der Waals surface area (Å²) in [6.07, 6.45) is 3.55. The van der Waals surface area contributed by atoms with E-state index in [1.165, 1.54) is 0 Å². The third-order valence-corrected chi connectivity index (χ3v) is 2.08. The molecule has 2 rings (SSSR count). The minimum absolute atomic E-state index is 0.243. The van der Waals surface area contributed by atoms with Gasteiger partial charge in [0, 0.05) is 11.6 Å². The van der Waals surface area contributed by atoms with Crippen molar-refractivity contribution in [3.8, 4) is 5.75 Å². The molecule has 0 aromatic carbocycles. The van der Waals surface area contributed by atoms with Crippen molar-refractivity contribution >= 4 is 11.0 Å².